The van der Waals surface area contributed by atoms with E-state index in [4.69, 9.17) is 27.9 Å². The Bertz CT molecular complexity index is 1020. The maximum Gasteiger partial charge on any atom is 0.279 e. The Labute approximate surface area is 165 Å². The third-order valence-corrected chi connectivity index (χ3v) is 5.81. The number of aryl methyl sites for hydroxylation is 1. The van der Waals surface area contributed by atoms with Crippen molar-refractivity contribution in [3.05, 3.63) is 62.4 Å². The predicted octanol–water partition coefficient (Wildman–Crippen LogP) is 5.10. The van der Waals surface area contributed by atoms with Gasteiger partial charge in [0.25, 0.3) is 5.91 Å². The molecule has 0 saturated carbocycles. The molecule has 0 radical (unpaired) electrons. The molecule has 1 amide bonds. The van der Waals surface area contributed by atoms with Gasteiger partial charge in [0.2, 0.25) is 0 Å². The van der Waals surface area contributed by atoms with Gasteiger partial charge in [-0.25, -0.2) is 0 Å². The summed E-state index contributed by atoms with van der Waals surface area (Å²) in [6.45, 7) is 5.48. The third kappa shape index (κ3) is 3.86. The summed E-state index contributed by atoms with van der Waals surface area (Å²) >= 11 is 14.0. The van der Waals surface area contributed by atoms with Crippen LogP contribution in [0.5, 0.6) is 0 Å². The first-order valence-corrected chi connectivity index (χ1v) is 9.80. The third-order valence-electron chi connectivity index (χ3n) is 3.97. The van der Waals surface area contributed by atoms with Crippen LogP contribution in [-0.4, -0.2) is 23.7 Å². The Balaban J connectivity index is 2.15. The van der Waals surface area contributed by atoms with Crippen molar-refractivity contribution < 1.29 is 9.53 Å². The van der Waals surface area contributed by atoms with Crippen molar-refractivity contribution in [1.82, 2.24) is 4.57 Å². The maximum absolute atomic E-state index is 12.7. The molecule has 0 bridgehead atoms. The van der Waals surface area contributed by atoms with Gasteiger partial charge < -0.3 is 9.30 Å². The molecule has 0 spiro atoms. The van der Waals surface area contributed by atoms with Gasteiger partial charge in [-0.2, -0.15) is 4.99 Å². The Morgan fingerprint density at radius 1 is 1.23 bits per heavy atom. The molecular weight excluding hydrogens is 391 g/mol. The second-order valence-corrected chi connectivity index (χ2v) is 7.47. The molecule has 7 heteroatoms. The first-order chi connectivity index (χ1) is 12.5. The lowest BCUT2D eigenvalue weighted by molar-refractivity contribution is 0.0996. The molecule has 0 atom stereocenters. The van der Waals surface area contributed by atoms with E-state index in [9.17, 15) is 4.79 Å². The summed E-state index contributed by atoms with van der Waals surface area (Å²) in [6.07, 6.45) is 0. The molecule has 136 valence electrons. The van der Waals surface area contributed by atoms with Crippen molar-refractivity contribution in [3.8, 4) is 0 Å². The quantitative estimate of drug-likeness (QED) is 0.551. The highest BCUT2D eigenvalue weighted by Crippen LogP contribution is 2.32. The molecule has 0 saturated heterocycles. The number of fused-ring (bicyclic) bond motifs is 1. The minimum atomic E-state index is -0.276. The molecule has 0 aliphatic carbocycles. The monoisotopic (exact) mass is 408 g/mol. The van der Waals surface area contributed by atoms with Crippen molar-refractivity contribution in [3.63, 3.8) is 0 Å². The number of thiazole rings is 1. The first kappa shape index (κ1) is 19.1. The van der Waals surface area contributed by atoms with Crippen LogP contribution in [0.25, 0.3) is 10.2 Å². The highest BCUT2D eigenvalue weighted by atomic mass is 35.5. The zero-order valence-corrected chi connectivity index (χ0v) is 16.8. The standard InChI is InChI=1S/C19H18Cl2N2O2S/c1-3-25-11-10-23-17-15(9-8-14(20)16(17)21)26-19(23)22-18(24)13-7-5-4-6-12(13)2/h4-9H,3,10-11H2,1-2H3. The van der Waals surface area contributed by atoms with Gasteiger partial charge in [0, 0.05) is 18.7 Å². The van der Waals surface area contributed by atoms with Crippen LogP contribution in [0.15, 0.2) is 41.4 Å². The van der Waals surface area contributed by atoms with E-state index in [-0.39, 0.29) is 5.91 Å². The molecule has 0 fully saturated rings. The van der Waals surface area contributed by atoms with Crippen molar-refractivity contribution >= 4 is 50.7 Å². The maximum atomic E-state index is 12.7. The Morgan fingerprint density at radius 2 is 2.00 bits per heavy atom. The van der Waals surface area contributed by atoms with E-state index < -0.39 is 0 Å². The lowest BCUT2D eigenvalue weighted by Crippen LogP contribution is -2.20. The summed E-state index contributed by atoms with van der Waals surface area (Å²) in [7, 11) is 0. The Kier molecular flexibility index (Phi) is 6.14. The van der Waals surface area contributed by atoms with Gasteiger partial charge in [-0.05, 0) is 37.6 Å². The predicted molar refractivity (Wildman–Crippen MR) is 107 cm³/mol. The van der Waals surface area contributed by atoms with Crippen molar-refractivity contribution in [2.75, 3.05) is 13.2 Å². The summed E-state index contributed by atoms with van der Waals surface area (Å²) in [5.74, 6) is -0.276. The number of hydrogen-bond acceptors (Lipinski definition) is 3. The number of rotatable bonds is 5. The van der Waals surface area contributed by atoms with Gasteiger partial charge in [0.05, 0.1) is 26.9 Å². The van der Waals surface area contributed by atoms with Crippen molar-refractivity contribution in [2.45, 2.75) is 20.4 Å². The smallest absolute Gasteiger partial charge is 0.279 e. The van der Waals surface area contributed by atoms with Gasteiger partial charge in [0.15, 0.2) is 4.80 Å². The average molecular weight is 409 g/mol. The van der Waals surface area contributed by atoms with Gasteiger partial charge >= 0.3 is 0 Å². The van der Waals surface area contributed by atoms with Crippen LogP contribution in [0.4, 0.5) is 0 Å². The lowest BCUT2D eigenvalue weighted by atomic mass is 10.1. The fourth-order valence-electron chi connectivity index (χ4n) is 2.66. The summed E-state index contributed by atoms with van der Waals surface area (Å²) < 4.78 is 8.30. The number of carbonyl (C=O) groups is 1. The first-order valence-electron chi connectivity index (χ1n) is 8.22. The van der Waals surface area contributed by atoms with Crippen LogP contribution in [0.2, 0.25) is 10.0 Å². The highest BCUT2D eigenvalue weighted by molar-refractivity contribution is 7.16. The molecule has 0 unspecified atom stereocenters. The van der Waals surface area contributed by atoms with Crippen LogP contribution >= 0.6 is 34.5 Å². The average Bonchev–Trinajstić information content (AvgIpc) is 2.97. The number of amides is 1. The van der Waals surface area contributed by atoms with Crippen molar-refractivity contribution in [2.24, 2.45) is 4.99 Å². The number of hydrogen-bond donors (Lipinski definition) is 0. The zero-order chi connectivity index (χ0) is 18.7. The molecule has 0 aliphatic rings. The molecule has 0 aliphatic heterocycles. The molecule has 3 rings (SSSR count). The second-order valence-electron chi connectivity index (χ2n) is 5.67. The number of carbonyl (C=O) groups excluding carboxylic acids is 1. The minimum absolute atomic E-state index is 0.276. The van der Waals surface area contributed by atoms with Crippen LogP contribution < -0.4 is 4.80 Å². The van der Waals surface area contributed by atoms with E-state index in [0.29, 0.717) is 40.2 Å². The number of nitrogens with zero attached hydrogens (tertiary/aromatic N) is 2. The van der Waals surface area contributed by atoms with E-state index in [1.54, 1.807) is 12.1 Å². The lowest BCUT2D eigenvalue weighted by Gasteiger charge is -2.07. The molecule has 3 aromatic rings. The van der Waals surface area contributed by atoms with E-state index in [1.807, 2.05) is 42.7 Å². The molecule has 1 heterocycles. The minimum Gasteiger partial charge on any atom is -0.380 e. The fraction of sp³-hybridized carbons (Fsp3) is 0.263. The summed E-state index contributed by atoms with van der Waals surface area (Å²) in [5, 5.41) is 0.931. The van der Waals surface area contributed by atoms with Crippen LogP contribution in [0.1, 0.15) is 22.8 Å². The van der Waals surface area contributed by atoms with Crippen LogP contribution in [0, 0.1) is 6.92 Å². The van der Waals surface area contributed by atoms with E-state index >= 15 is 0 Å². The highest BCUT2D eigenvalue weighted by Gasteiger charge is 2.14. The van der Waals surface area contributed by atoms with Gasteiger partial charge in [0.1, 0.15) is 0 Å². The van der Waals surface area contributed by atoms with E-state index in [2.05, 4.69) is 4.99 Å². The molecular formula is C19H18Cl2N2O2S. The van der Waals surface area contributed by atoms with Gasteiger partial charge in [-0.3, -0.25) is 4.79 Å². The van der Waals surface area contributed by atoms with E-state index in [1.165, 1.54) is 11.3 Å². The van der Waals surface area contributed by atoms with E-state index in [0.717, 1.165) is 15.8 Å². The SMILES string of the molecule is CCOCCn1c(=NC(=O)c2ccccc2C)sc2ccc(Cl)c(Cl)c21. The van der Waals surface area contributed by atoms with Gasteiger partial charge in [-0.15, -0.1) is 0 Å². The largest absolute Gasteiger partial charge is 0.380 e. The number of ether oxygens (including phenoxy) is 1. The topological polar surface area (TPSA) is 43.6 Å². The molecule has 2 aromatic carbocycles. The number of benzene rings is 2. The molecule has 1 aromatic heterocycles. The molecule has 26 heavy (non-hydrogen) atoms. The van der Waals surface area contributed by atoms with Crippen LogP contribution in [0.3, 0.4) is 0 Å². The normalized spacial score (nSPS) is 12.1. The molecule has 4 nitrogen and oxygen atoms in total. The summed E-state index contributed by atoms with van der Waals surface area (Å²) in [6, 6.07) is 11.1. The second kappa shape index (κ2) is 8.35. The summed E-state index contributed by atoms with van der Waals surface area (Å²) in [4.78, 5) is 17.6. The Morgan fingerprint density at radius 3 is 2.73 bits per heavy atom. The van der Waals surface area contributed by atoms with Gasteiger partial charge in [-0.1, -0.05) is 52.7 Å². The number of halogens is 2. The van der Waals surface area contributed by atoms with Crippen LogP contribution in [-0.2, 0) is 11.3 Å². The fourth-order valence-corrected chi connectivity index (χ4v) is 4.19. The van der Waals surface area contributed by atoms with Crippen molar-refractivity contribution in [1.29, 1.82) is 0 Å². The Hall–Kier alpha value is -1.66. The summed E-state index contributed by atoms with van der Waals surface area (Å²) in [5.41, 5.74) is 2.26. The molecule has 0 N–H and O–H groups in total. The number of aromatic nitrogens is 1. The zero-order valence-electron chi connectivity index (χ0n) is 14.5.